The molecule has 0 amide bonds. The van der Waals surface area contributed by atoms with Crippen molar-refractivity contribution in [2.24, 2.45) is 0 Å². The van der Waals surface area contributed by atoms with Gasteiger partial charge >= 0.3 is 0 Å². The molecule has 13 rings (SSSR count). The van der Waals surface area contributed by atoms with Crippen molar-refractivity contribution in [3.8, 4) is 39.7 Å². The number of para-hydroxylation sites is 6. The van der Waals surface area contributed by atoms with Gasteiger partial charge in [0.25, 0.3) is 0 Å². The molecule has 13 aromatic rings. The Morgan fingerprint density at radius 1 is 0.303 bits per heavy atom. The first-order chi connectivity index (χ1) is 32.7. The van der Waals surface area contributed by atoms with Crippen LogP contribution in [0.1, 0.15) is 0 Å². The Bertz CT molecular complexity index is 3760. The molecule has 66 heavy (non-hydrogen) atoms. The van der Waals surface area contributed by atoms with Gasteiger partial charge in [0.1, 0.15) is 5.65 Å². The highest BCUT2D eigenvalue weighted by Crippen LogP contribution is 2.38. The van der Waals surface area contributed by atoms with E-state index in [4.69, 9.17) is 9.97 Å². The molecule has 0 atom stereocenters. The number of hydrogen-bond donors (Lipinski definition) is 0. The van der Waals surface area contributed by atoms with Gasteiger partial charge in [0, 0.05) is 78.4 Å². The summed E-state index contributed by atoms with van der Waals surface area (Å²) in [7, 11) is 0. The van der Waals surface area contributed by atoms with Crippen molar-refractivity contribution in [2.45, 2.75) is 0 Å². The molecule has 0 aliphatic rings. The summed E-state index contributed by atoms with van der Waals surface area (Å²) in [6.07, 6.45) is 2.12. The van der Waals surface area contributed by atoms with E-state index in [0.29, 0.717) is 5.82 Å². The van der Waals surface area contributed by atoms with E-state index < -0.39 is 0 Å². The third-order valence-corrected chi connectivity index (χ3v) is 12.9. The second-order valence-electron chi connectivity index (χ2n) is 16.7. The number of aromatic nitrogens is 5. The molecule has 0 unspecified atom stereocenters. The Labute approximate surface area is 381 Å². The van der Waals surface area contributed by atoms with E-state index in [-0.39, 0.29) is 0 Å². The molecule has 4 aromatic heterocycles. The third-order valence-electron chi connectivity index (χ3n) is 12.9. The second-order valence-corrected chi connectivity index (χ2v) is 16.7. The highest BCUT2D eigenvalue weighted by molar-refractivity contribution is 6.10. The normalized spacial score (nSPS) is 11.6. The van der Waals surface area contributed by atoms with Gasteiger partial charge in [-0.2, -0.15) is 0 Å². The van der Waals surface area contributed by atoms with Crippen LogP contribution in [0.5, 0.6) is 0 Å². The minimum atomic E-state index is 0.661. The Morgan fingerprint density at radius 2 is 0.697 bits per heavy atom. The molecule has 0 radical (unpaired) electrons. The summed E-state index contributed by atoms with van der Waals surface area (Å²) in [6, 6.07) is 83.9. The van der Waals surface area contributed by atoms with Crippen molar-refractivity contribution in [1.82, 2.24) is 23.7 Å². The van der Waals surface area contributed by atoms with Crippen LogP contribution in [0.3, 0.4) is 0 Å². The van der Waals surface area contributed by atoms with Crippen LogP contribution in [0.25, 0.3) is 94.4 Å². The van der Waals surface area contributed by atoms with E-state index in [1.807, 2.05) is 0 Å². The Kier molecular flexibility index (Phi) is 8.74. The van der Waals surface area contributed by atoms with E-state index >= 15 is 0 Å². The van der Waals surface area contributed by atoms with E-state index in [1.165, 1.54) is 43.6 Å². The lowest BCUT2D eigenvalue weighted by Gasteiger charge is -2.25. The first-order valence-electron chi connectivity index (χ1n) is 22.3. The predicted molar refractivity (Wildman–Crippen MR) is 273 cm³/mol. The highest BCUT2D eigenvalue weighted by Gasteiger charge is 2.19. The van der Waals surface area contributed by atoms with Gasteiger partial charge < -0.3 is 18.6 Å². The number of hydrogen-bond acceptors (Lipinski definition) is 3. The van der Waals surface area contributed by atoms with Crippen LogP contribution in [0, 0.1) is 0 Å². The zero-order chi connectivity index (χ0) is 43.6. The molecule has 6 nitrogen and oxygen atoms in total. The minimum Gasteiger partial charge on any atom is -0.311 e. The van der Waals surface area contributed by atoms with Gasteiger partial charge in [0.2, 0.25) is 0 Å². The highest BCUT2D eigenvalue weighted by atomic mass is 15.1. The molecule has 310 valence electrons. The Morgan fingerprint density at radius 3 is 1.17 bits per heavy atom. The van der Waals surface area contributed by atoms with Crippen LogP contribution in [-0.2, 0) is 0 Å². The summed E-state index contributed by atoms with van der Waals surface area (Å²) in [6.45, 7) is 0. The molecular weight excluding hydrogens is 805 g/mol. The van der Waals surface area contributed by atoms with Gasteiger partial charge in [0.15, 0.2) is 5.82 Å². The third kappa shape index (κ3) is 6.11. The molecule has 0 saturated heterocycles. The van der Waals surface area contributed by atoms with Gasteiger partial charge in [-0.15, -0.1) is 0 Å². The van der Waals surface area contributed by atoms with Crippen molar-refractivity contribution < 1.29 is 0 Å². The average Bonchev–Trinajstić information content (AvgIpc) is 4.08. The quantitative estimate of drug-likeness (QED) is 0.153. The van der Waals surface area contributed by atoms with E-state index in [9.17, 15) is 0 Å². The second kappa shape index (κ2) is 15.4. The fraction of sp³-hybridized carbons (Fsp3) is 0. The van der Waals surface area contributed by atoms with Gasteiger partial charge in [-0.3, -0.25) is 0 Å². The van der Waals surface area contributed by atoms with Crippen LogP contribution < -0.4 is 4.90 Å². The van der Waals surface area contributed by atoms with Crippen LogP contribution in [0.4, 0.5) is 17.1 Å². The van der Waals surface area contributed by atoms with Gasteiger partial charge in [0.05, 0.1) is 27.8 Å². The van der Waals surface area contributed by atoms with Crippen LogP contribution in [0.15, 0.2) is 243 Å². The molecule has 0 aliphatic carbocycles. The number of rotatable bonds is 8. The fourth-order valence-corrected chi connectivity index (χ4v) is 9.86. The smallest absolute Gasteiger partial charge is 0.162 e. The summed E-state index contributed by atoms with van der Waals surface area (Å²) < 4.78 is 6.88. The number of anilines is 3. The van der Waals surface area contributed by atoms with Crippen LogP contribution in [0.2, 0.25) is 0 Å². The maximum Gasteiger partial charge on any atom is 0.162 e. The van der Waals surface area contributed by atoms with Crippen LogP contribution >= 0.6 is 0 Å². The van der Waals surface area contributed by atoms with Crippen LogP contribution in [-0.4, -0.2) is 23.7 Å². The summed E-state index contributed by atoms with van der Waals surface area (Å²) in [5.74, 6) is 0.661. The Hall–Kier alpha value is -9.00. The summed E-state index contributed by atoms with van der Waals surface area (Å²) in [5, 5.41) is 5.93. The molecule has 6 heteroatoms. The topological polar surface area (TPSA) is 43.8 Å². The number of fused-ring (bicyclic) bond motifs is 7. The Balaban J connectivity index is 0.942. The van der Waals surface area contributed by atoms with Gasteiger partial charge in [-0.05, 0) is 115 Å². The molecule has 0 saturated carbocycles. The monoisotopic (exact) mass is 844 g/mol. The SMILES string of the molecule is c1ccc(N(c2ccccc2)c2ccc(-n3ccc4c(-c5ccc(-n6c7ccccc7c7ccccc76)cc5)nc(-c5ccc(-n6c7ccccc7c7ccccc76)cc5)nc43)cc2)cc1. The molecule has 0 fully saturated rings. The molecule has 0 bridgehead atoms. The maximum absolute atomic E-state index is 5.39. The summed E-state index contributed by atoms with van der Waals surface area (Å²) >= 11 is 0. The average molecular weight is 845 g/mol. The van der Waals surface area contributed by atoms with Crippen molar-refractivity contribution in [2.75, 3.05) is 4.90 Å². The van der Waals surface area contributed by atoms with Crippen molar-refractivity contribution in [1.29, 1.82) is 0 Å². The first kappa shape index (κ1) is 37.5. The van der Waals surface area contributed by atoms with E-state index in [1.54, 1.807) is 0 Å². The maximum atomic E-state index is 5.39. The zero-order valence-corrected chi connectivity index (χ0v) is 35.8. The lowest BCUT2D eigenvalue weighted by Crippen LogP contribution is -2.09. The van der Waals surface area contributed by atoms with E-state index in [2.05, 4.69) is 261 Å². The van der Waals surface area contributed by atoms with E-state index in [0.717, 1.165) is 62.0 Å². The van der Waals surface area contributed by atoms with Crippen molar-refractivity contribution in [3.05, 3.63) is 243 Å². The fourth-order valence-electron chi connectivity index (χ4n) is 9.86. The zero-order valence-electron chi connectivity index (χ0n) is 35.8. The summed E-state index contributed by atoms with van der Waals surface area (Å²) in [4.78, 5) is 13.0. The van der Waals surface area contributed by atoms with Crippen molar-refractivity contribution >= 4 is 71.7 Å². The number of benzene rings is 9. The largest absolute Gasteiger partial charge is 0.311 e. The molecule has 0 aliphatic heterocycles. The minimum absolute atomic E-state index is 0.661. The summed E-state index contributed by atoms with van der Waals surface area (Å²) in [5.41, 5.74) is 14.8. The molecule has 0 N–H and O–H groups in total. The molecule has 9 aromatic carbocycles. The van der Waals surface area contributed by atoms with Gasteiger partial charge in [-0.25, -0.2) is 9.97 Å². The lowest BCUT2D eigenvalue weighted by atomic mass is 10.1. The van der Waals surface area contributed by atoms with Gasteiger partial charge in [-0.1, -0.05) is 121 Å². The molecule has 0 spiro atoms. The van der Waals surface area contributed by atoms with Crippen molar-refractivity contribution in [3.63, 3.8) is 0 Å². The molecule has 4 heterocycles. The molecular formula is C60H40N6. The standard InChI is InChI=1S/C60H40N6/c1-3-15-44(16-4-1)64(45-17-5-2-6-18-45)46-37-35-43(36-38-46)63-40-39-53-58(41-27-31-47(32-28-41)65-54-23-11-7-19-49(54)50-20-8-12-24-55(50)65)61-59(62-60(53)63)42-29-33-48(34-30-42)66-56-25-13-9-21-51(56)52-22-10-14-26-57(52)66/h1-40H. The predicted octanol–water partition coefficient (Wildman–Crippen LogP) is 15.4. The first-order valence-corrected chi connectivity index (χ1v) is 22.3. The number of nitrogens with zero attached hydrogens (tertiary/aromatic N) is 6. The lowest BCUT2D eigenvalue weighted by molar-refractivity contribution is 1.08.